The van der Waals surface area contributed by atoms with Gasteiger partial charge < -0.3 is 15.2 Å². The molecule has 1 saturated heterocycles. The Balaban J connectivity index is 1.46. The largest absolute Gasteiger partial charge is 0.481 e. The Morgan fingerprint density at radius 1 is 0.966 bits per heavy atom. The van der Waals surface area contributed by atoms with Crippen LogP contribution in [0, 0.1) is 5.82 Å². The summed E-state index contributed by atoms with van der Waals surface area (Å²) in [5.41, 5.74) is 3.37. The lowest BCUT2D eigenvalue weighted by Crippen LogP contribution is -2.47. The summed E-state index contributed by atoms with van der Waals surface area (Å²) in [5, 5.41) is 21.1. The third-order valence-corrected chi connectivity index (χ3v) is 5.26. The molecule has 2 N–H and O–H groups in total. The maximum absolute atomic E-state index is 13.1. The van der Waals surface area contributed by atoms with E-state index in [1.807, 2.05) is 36.4 Å². The molecule has 6 nitrogen and oxygen atoms in total. The number of oxime groups is 1. The van der Waals surface area contributed by atoms with Crippen molar-refractivity contribution < 1.29 is 19.5 Å². The van der Waals surface area contributed by atoms with Crippen LogP contribution in [0.2, 0.25) is 0 Å². The average molecular weight is 399 g/mol. The third kappa shape index (κ3) is 6.02. The van der Waals surface area contributed by atoms with Gasteiger partial charge in [-0.15, -0.1) is 0 Å². The minimum Gasteiger partial charge on any atom is -0.481 e. The number of hydrogen-bond acceptors (Lipinski definition) is 5. The maximum Gasteiger partial charge on any atom is 0.303 e. The number of carbonyl (C=O) groups is 1. The zero-order valence-electron chi connectivity index (χ0n) is 16.3. The van der Waals surface area contributed by atoms with Crippen LogP contribution in [-0.4, -0.2) is 59.6 Å². The standard InChI is InChI=1S/C22H26FN3O3/c23-19-5-7-20(8-6-19)26-15-13-25(14-16-26)12-11-17-1-3-18(4-2-17)21(24-29)9-10-22(27)28/h1-8,29H,9-16H2,(H,27,28). The highest BCUT2D eigenvalue weighted by Crippen LogP contribution is 2.17. The molecule has 1 aliphatic rings. The van der Waals surface area contributed by atoms with E-state index < -0.39 is 5.97 Å². The van der Waals surface area contributed by atoms with Gasteiger partial charge in [0.05, 0.1) is 12.1 Å². The van der Waals surface area contributed by atoms with E-state index in [2.05, 4.69) is 15.0 Å². The van der Waals surface area contributed by atoms with E-state index in [-0.39, 0.29) is 18.7 Å². The summed E-state index contributed by atoms with van der Waals surface area (Å²) in [6.07, 6.45) is 1.05. The molecule has 0 radical (unpaired) electrons. The summed E-state index contributed by atoms with van der Waals surface area (Å²) in [5.74, 6) is -1.13. The van der Waals surface area contributed by atoms with E-state index in [4.69, 9.17) is 10.3 Å². The van der Waals surface area contributed by atoms with Gasteiger partial charge in [0.2, 0.25) is 0 Å². The van der Waals surface area contributed by atoms with E-state index in [0.29, 0.717) is 5.71 Å². The number of carboxylic acid groups (broad SMARTS) is 1. The number of aliphatic carboxylic acids is 1. The number of carboxylic acids is 1. The molecule has 2 aromatic carbocycles. The summed E-state index contributed by atoms with van der Waals surface area (Å²) >= 11 is 0. The van der Waals surface area contributed by atoms with Gasteiger partial charge in [0.25, 0.3) is 0 Å². The Morgan fingerprint density at radius 2 is 1.62 bits per heavy atom. The van der Waals surface area contributed by atoms with Crippen LogP contribution in [0.15, 0.2) is 53.7 Å². The zero-order chi connectivity index (χ0) is 20.6. The quantitative estimate of drug-likeness (QED) is 0.405. The van der Waals surface area contributed by atoms with E-state index in [1.54, 1.807) is 0 Å². The van der Waals surface area contributed by atoms with Crippen molar-refractivity contribution in [3.8, 4) is 0 Å². The summed E-state index contributed by atoms with van der Waals surface area (Å²) in [6, 6.07) is 14.4. The first kappa shape index (κ1) is 20.8. The van der Waals surface area contributed by atoms with E-state index >= 15 is 0 Å². The monoisotopic (exact) mass is 399 g/mol. The highest BCUT2D eigenvalue weighted by Gasteiger charge is 2.17. The normalized spacial score (nSPS) is 15.5. The fourth-order valence-corrected chi connectivity index (χ4v) is 3.51. The predicted octanol–water partition coefficient (Wildman–Crippen LogP) is 3.23. The Morgan fingerprint density at radius 3 is 2.21 bits per heavy atom. The molecule has 0 atom stereocenters. The highest BCUT2D eigenvalue weighted by atomic mass is 19.1. The molecule has 29 heavy (non-hydrogen) atoms. The van der Waals surface area contributed by atoms with Gasteiger partial charge in [0, 0.05) is 44.8 Å². The molecule has 1 heterocycles. The Labute approximate surface area is 169 Å². The summed E-state index contributed by atoms with van der Waals surface area (Å²) in [6.45, 7) is 4.73. The lowest BCUT2D eigenvalue weighted by atomic mass is 10.0. The number of piperazine rings is 1. The van der Waals surface area contributed by atoms with Gasteiger partial charge in [-0.3, -0.25) is 9.69 Å². The molecule has 0 aromatic heterocycles. The fourth-order valence-electron chi connectivity index (χ4n) is 3.51. The zero-order valence-corrected chi connectivity index (χ0v) is 16.3. The molecular formula is C22H26FN3O3. The molecular weight excluding hydrogens is 373 g/mol. The summed E-state index contributed by atoms with van der Waals surface area (Å²) in [4.78, 5) is 15.4. The lowest BCUT2D eigenvalue weighted by Gasteiger charge is -2.36. The lowest BCUT2D eigenvalue weighted by molar-refractivity contribution is -0.136. The van der Waals surface area contributed by atoms with Crippen LogP contribution in [0.1, 0.15) is 24.0 Å². The molecule has 1 fully saturated rings. The molecule has 1 aliphatic heterocycles. The Kier molecular flexibility index (Phi) is 7.19. The van der Waals surface area contributed by atoms with Crippen molar-refractivity contribution in [3.05, 3.63) is 65.5 Å². The molecule has 0 bridgehead atoms. The molecule has 0 saturated carbocycles. The van der Waals surface area contributed by atoms with Crippen LogP contribution in [0.3, 0.4) is 0 Å². The Bertz CT molecular complexity index is 829. The van der Waals surface area contributed by atoms with Crippen molar-refractivity contribution in [2.75, 3.05) is 37.6 Å². The SMILES string of the molecule is O=C(O)CCC(=NO)c1ccc(CCN2CCN(c3ccc(F)cc3)CC2)cc1. The first-order chi connectivity index (χ1) is 14.0. The number of halogens is 1. The van der Waals surface area contributed by atoms with Crippen molar-refractivity contribution in [1.29, 1.82) is 0 Å². The van der Waals surface area contributed by atoms with Gasteiger partial charge in [-0.2, -0.15) is 0 Å². The van der Waals surface area contributed by atoms with E-state index in [1.165, 1.54) is 17.7 Å². The van der Waals surface area contributed by atoms with Gasteiger partial charge in [0.15, 0.2) is 0 Å². The second-order valence-electron chi connectivity index (χ2n) is 7.19. The van der Waals surface area contributed by atoms with Gasteiger partial charge in [-0.25, -0.2) is 4.39 Å². The van der Waals surface area contributed by atoms with Crippen molar-refractivity contribution in [2.45, 2.75) is 19.3 Å². The van der Waals surface area contributed by atoms with Crippen molar-refractivity contribution in [2.24, 2.45) is 5.16 Å². The molecule has 0 unspecified atom stereocenters. The molecule has 0 spiro atoms. The average Bonchev–Trinajstić information content (AvgIpc) is 2.74. The molecule has 2 aromatic rings. The van der Waals surface area contributed by atoms with Crippen LogP contribution in [0.5, 0.6) is 0 Å². The Hall–Kier alpha value is -2.93. The van der Waals surface area contributed by atoms with Gasteiger partial charge in [0.1, 0.15) is 5.82 Å². The minimum absolute atomic E-state index is 0.0644. The smallest absolute Gasteiger partial charge is 0.303 e. The van der Waals surface area contributed by atoms with E-state index in [9.17, 15) is 9.18 Å². The van der Waals surface area contributed by atoms with Gasteiger partial charge in [-0.05, 0) is 41.8 Å². The summed E-state index contributed by atoms with van der Waals surface area (Å²) < 4.78 is 13.1. The number of nitrogens with zero attached hydrogens (tertiary/aromatic N) is 3. The van der Waals surface area contributed by atoms with Crippen molar-refractivity contribution in [1.82, 2.24) is 4.90 Å². The fraction of sp³-hybridized carbons (Fsp3) is 0.364. The predicted molar refractivity (Wildman–Crippen MR) is 110 cm³/mol. The van der Waals surface area contributed by atoms with Crippen LogP contribution in [-0.2, 0) is 11.2 Å². The molecule has 0 amide bonds. The number of rotatable bonds is 8. The second kappa shape index (κ2) is 10.0. The van der Waals surface area contributed by atoms with Crippen LogP contribution in [0.25, 0.3) is 0 Å². The van der Waals surface area contributed by atoms with Crippen molar-refractivity contribution in [3.63, 3.8) is 0 Å². The minimum atomic E-state index is -0.915. The van der Waals surface area contributed by atoms with Crippen molar-refractivity contribution >= 4 is 17.4 Å². The van der Waals surface area contributed by atoms with Crippen LogP contribution >= 0.6 is 0 Å². The number of anilines is 1. The molecule has 154 valence electrons. The molecule has 7 heteroatoms. The maximum atomic E-state index is 13.1. The van der Waals surface area contributed by atoms with E-state index in [0.717, 1.165) is 50.4 Å². The van der Waals surface area contributed by atoms with Gasteiger partial charge >= 0.3 is 5.97 Å². The topological polar surface area (TPSA) is 76.4 Å². The third-order valence-electron chi connectivity index (χ3n) is 5.26. The number of benzene rings is 2. The van der Waals surface area contributed by atoms with Crippen LogP contribution in [0.4, 0.5) is 10.1 Å². The molecule has 3 rings (SSSR count). The first-order valence-electron chi connectivity index (χ1n) is 9.80. The van der Waals surface area contributed by atoms with Gasteiger partial charge in [-0.1, -0.05) is 29.4 Å². The highest BCUT2D eigenvalue weighted by molar-refractivity contribution is 6.01. The molecule has 0 aliphatic carbocycles. The second-order valence-corrected chi connectivity index (χ2v) is 7.19. The first-order valence-corrected chi connectivity index (χ1v) is 9.80. The number of hydrogen-bond donors (Lipinski definition) is 2. The van der Waals surface area contributed by atoms with Crippen LogP contribution < -0.4 is 4.90 Å². The summed E-state index contributed by atoms with van der Waals surface area (Å²) in [7, 11) is 0.